The van der Waals surface area contributed by atoms with Gasteiger partial charge in [0.2, 0.25) is 0 Å². The Kier molecular flexibility index (Phi) is 5.41. The van der Waals surface area contributed by atoms with Gasteiger partial charge in [0.15, 0.2) is 5.92 Å². The van der Waals surface area contributed by atoms with Crippen molar-refractivity contribution >= 4 is 11.9 Å². The molecule has 0 aliphatic heterocycles. The molecule has 120 valence electrons. The Morgan fingerprint density at radius 2 is 1.96 bits per heavy atom. The maximum atomic E-state index is 11.8. The highest BCUT2D eigenvalue weighted by Gasteiger charge is 2.29. The van der Waals surface area contributed by atoms with E-state index >= 15 is 0 Å². The lowest BCUT2D eigenvalue weighted by atomic mass is 10.0. The van der Waals surface area contributed by atoms with Gasteiger partial charge in [-0.05, 0) is 19.4 Å². The minimum absolute atomic E-state index is 0.103. The maximum Gasteiger partial charge on any atom is 0.320 e. The number of rotatable bonds is 6. The van der Waals surface area contributed by atoms with Crippen LogP contribution in [0.2, 0.25) is 0 Å². The molecule has 0 amide bonds. The van der Waals surface area contributed by atoms with Crippen LogP contribution >= 0.6 is 0 Å². The van der Waals surface area contributed by atoms with Gasteiger partial charge in [0.05, 0.1) is 12.3 Å². The van der Waals surface area contributed by atoms with E-state index in [1.54, 1.807) is 13.1 Å². The summed E-state index contributed by atoms with van der Waals surface area (Å²) in [6, 6.07) is 9.53. The van der Waals surface area contributed by atoms with E-state index in [4.69, 9.17) is 4.74 Å². The Labute approximate surface area is 134 Å². The quantitative estimate of drug-likeness (QED) is 0.650. The van der Waals surface area contributed by atoms with Crippen LogP contribution in [0.25, 0.3) is 11.3 Å². The number of hydrogen-bond acceptors (Lipinski definition) is 5. The number of aryl methyl sites for hydroxylation is 1. The Morgan fingerprint density at radius 3 is 2.57 bits per heavy atom. The number of carbonyl (C=O) groups is 2. The van der Waals surface area contributed by atoms with E-state index in [0.29, 0.717) is 5.82 Å². The molecule has 6 heteroatoms. The summed E-state index contributed by atoms with van der Waals surface area (Å²) >= 11 is 0. The summed E-state index contributed by atoms with van der Waals surface area (Å²) in [4.78, 5) is 31.6. The lowest BCUT2D eigenvalue weighted by Crippen LogP contribution is -2.28. The third kappa shape index (κ3) is 4.12. The second kappa shape index (κ2) is 7.49. The van der Waals surface area contributed by atoms with Crippen molar-refractivity contribution in [2.75, 3.05) is 6.61 Å². The largest absolute Gasteiger partial charge is 0.481 e. The van der Waals surface area contributed by atoms with Crippen molar-refractivity contribution in [2.24, 2.45) is 5.92 Å². The van der Waals surface area contributed by atoms with E-state index in [0.717, 1.165) is 16.8 Å². The zero-order valence-corrected chi connectivity index (χ0v) is 13.0. The average molecular weight is 314 g/mol. The van der Waals surface area contributed by atoms with Crippen molar-refractivity contribution in [3.8, 4) is 11.3 Å². The third-order valence-electron chi connectivity index (χ3n) is 3.32. The first kappa shape index (κ1) is 16.6. The van der Waals surface area contributed by atoms with Crippen molar-refractivity contribution in [1.82, 2.24) is 9.97 Å². The number of aliphatic carboxylic acids is 1. The second-order valence-electron chi connectivity index (χ2n) is 5.03. The lowest BCUT2D eigenvalue weighted by molar-refractivity contribution is -0.158. The Bertz CT molecular complexity index is 701. The van der Waals surface area contributed by atoms with Crippen molar-refractivity contribution < 1.29 is 19.4 Å². The van der Waals surface area contributed by atoms with Crippen LogP contribution in [-0.2, 0) is 20.7 Å². The summed E-state index contributed by atoms with van der Waals surface area (Å²) in [6.45, 7) is 3.64. The summed E-state index contributed by atoms with van der Waals surface area (Å²) in [7, 11) is 0. The van der Waals surface area contributed by atoms with Crippen LogP contribution in [0.1, 0.15) is 18.3 Å². The molecule has 2 rings (SSSR count). The van der Waals surface area contributed by atoms with Gasteiger partial charge >= 0.3 is 11.9 Å². The fourth-order valence-corrected chi connectivity index (χ4v) is 2.16. The molecule has 6 nitrogen and oxygen atoms in total. The SMILES string of the molecule is CCOC(=O)C(Cc1ncc(C)c(-c2ccccc2)n1)C(=O)O. The number of carboxylic acid groups (broad SMARTS) is 1. The fourth-order valence-electron chi connectivity index (χ4n) is 2.16. The van der Waals surface area contributed by atoms with Crippen molar-refractivity contribution in [3.05, 3.63) is 47.9 Å². The summed E-state index contributed by atoms with van der Waals surface area (Å²) in [5.74, 6) is -3.02. The molecule has 1 aromatic carbocycles. The number of aromatic nitrogens is 2. The standard InChI is InChI=1S/C17H18N2O4/c1-3-23-17(22)13(16(20)21)9-14-18-10-11(2)15(19-14)12-7-5-4-6-8-12/h4-8,10,13H,3,9H2,1-2H3,(H,20,21). The highest BCUT2D eigenvalue weighted by Crippen LogP contribution is 2.21. The number of hydrogen-bond donors (Lipinski definition) is 1. The first-order valence-electron chi connectivity index (χ1n) is 7.30. The van der Waals surface area contributed by atoms with Gasteiger partial charge in [0, 0.05) is 18.2 Å². The molecule has 0 spiro atoms. The van der Waals surface area contributed by atoms with Crippen molar-refractivity contribution in [2.45, 2.75) is 20.3 Å². The monoisotopic (exact) mass is 314 g/mol. The van der Waals surface area contributed by atoms with E-state index in [-0.39, 0.29) is 13.0 Å². The van der Waals surface area contributed by atoms with Gasteiger partial charge < -0.3 is 9.84 Å². The van der Waals surface area contributed by atoms with Crippen LogP contribution in [0.4, 0.5) is 0 Å². The summed E-state index contributed by atoms with van der Waals surface area (Å²) < 4.78 is 4.80. The number of nitrogens with zero attached hydrogens (tertiary/aromatic N) is 2. The third-order valence-corrected chi connectivity index (χ3v) is 3.32. The van der Waals surface area contributed by atoms with Crippen LogP contribution < -0.4 is 0 Å². The van der Waals surface area contributed by atoms with E-state index < -0.39 is 17.9 Å². The zero-order chi connectivity index (χ0) is 16.8. The van der Waals surface area contributed by atoms with E-state index in [1.165, 1.54) is 0 Å². The molecule has 0 bridgehead atoms. The van der Waals surface area contributed by atoms with Crippen molar-refractivity contribution in [3.63, 3.8) is 0 Å². The molecule has 1 heterocycles. The van der Waals surface area contributed by atoms with Gasteiger partial charge in [-0.1, -0.05) is 30.3 Å². The molecule has 1 aromatic heterocycles. The molecule has 0 radical (unpaired) electrons. The molecule has 0 saturated carbocycles. The van der Waals surface area contributed by atoms with Gasteiger partial charge in [-0.15, -0.1) is 0 Å². The summed E-state index contributed by atoms with van der Waals surface area (Å²) in [6.07, 6.45) is 1.53. The molecular weight excluding hydrogens is 296 g/mol. The molecule has 0 aliphatic rings. The minimum atomic E-state index is -1.30. The van der Waals surface area contributed by atoms with Crippen molar-refractivity contribution in [1.29, 1.82) is 0 Å². The first-order chi connectivity index (χ1) is 11.0. The topological polar surface area (TPSA) is 89.4 Å². The molecule has 0 fully saturated rings. The molecule has 0 aliphatic carbocycles. The molecule has 1 unspecified atom stereocenters. The molecular formula is C17H18N2O4. The number of benzene rings is 1. The molecule has 1 atom stereocenters. The number of esters is 1. The van der Waals surface area contributed by atoms with Gasteiger partial charge in [0.1, 0.15) is 5.82 Å². The zero-order valence-electron chi connectivity index (χ0n) is 13.0. The number of carbonyl (C=O) groups excluding carboxylic acids is 1. The Morgan fingerprint density at radius 1 is 1.26 bits per heavy atom. The van der Waals surface area contributed by atoms with Crippen LogP contribution in [0.5, 0.6) is 0 Å². The average Bonchev–Trinajstić information content (AvgIpc) is 2.54. The highest BCUT2D eigenvalue weighted by atomic mass is 16.5. The maximum absolute atomic E-state index is 11.8. The van der Waals surface area contributed by atoms with Crippen LogP contribution in [0.15, 0.2) is 36.5 Å². The Hall–Kier alpha value is -2.76. The predicted octanol–water partition coefficient (Wildman–Crippen LogP) is 2.26. The van der Waals surface area contributed by atoms with Gasteiger partial charge in [-0.3, -0.25) is 9.59 Å². The Balaban J connectivity index is 2.30. The normalized spacial score (nSPS) is 11.7. The highest BCUT2D eigenvalue weighted by molar-refractivity contribution is 5.94. The molecule has 2 aromatic rings. The fraction of sp³-hybridized carbons (Fsp3) is 0.294. The number of ether oxygens (including phenoxy) is 1. The number of carboxylic acids is 1. The van der Waals surface area contributed by atoms with E-state index in [1.807, 2.05) is 37.3 Å². The molecule has 0 saturated heterocycles. The summed E-state index contributed by atoms with van der Waals surface area (Å²) in [5.41, 5.74) is 2.52. The second-order valence-corrected chi connectivity index (χ2v) is 5.03. The molecule has 1 N–H and O–H groups in total. The van der Waals surface area contributed by atoms with Gasteiger partial charge in [-0.25, -0.2) is 9.97 Å². The van der Waals surface area contributed by atoms with Gasteiger partial charge in [-0.2, -0.15) is 0 Å². The molecule has 23 heavy (non-hydrogen) atoms. The van der Waals surface area contributed by atoms with E-state index in [2.05, 4.69) is 9.97 Å². The lowest BCUT2D eigenvalue weighted by Gasteiger charge is -2.12. The smallest absolute Gasteiger partial charge is 0.320 e. The van der Waals surface area contributed by atoms with Crippen LogP contribution in [-0.4, -0.2) is 33.6 Å². The van der Waals surface area contributed by atoms with Crippen LogP contribution in [0, 0.1) is 12.8 Å². The first-order valence-corrected chi connectivity index (χ1v) is 7.30. The van der Waals surface area contributed by atoms with Gasteiger partial charge in [0.25, 0.3) is 0 Å². The van der Waals surface area contributed by atoms with Crippen LogP contribution in [0.3, 0.4) is 0 Å². The minimum Gasteiger partial charge on any atom is -0.481 e. The summed E-state index contributed by atoms with van der Waals surface area (Å²) in [5, 5.41) is 9.22. The van der Waals surface area contributed by atoms with E-state index in [9.17, 15) is 14.7 Å². The predicted molar refractivity (Wildman–Crippen MR) is 83.7 cm³/mol.